The number of amides is 3. The van der Waals surface area contributed by atoms with Crippen LogP contribution in [0.3, 0.4) is 0 Å². The Hall–Kier alpha value is -1.50. The van der Waals surface area contributed by atoms with E-state index in [1.807, 2.05) is 0 Å². The second kappa shape index (κ2) is 7.49. The van der Waals surface area contributed by atoms with Crippen molar-refractivity contribution in [1.29, 1.82) is 0 Å². The van der Waals surface area contributed by atoms with Gasteiger partial charge >= 0.3 is 12.1 Å². The highest BCUT2D eigenvalue weighted by Gasteiger charge is 2.46. The maximum absolute atomic E-state index is 12.6. The summed E-state index contributed by atoms with van der Waals surface area (Å²) in [6.07, 6.45) is 8.97. The van der Waals surface area contributed by atoms with Crippen molar-refractivity contribution < 1.29 is 14.7 Å². The summed E-state index contributed by atoms with van der Waals surface area (Å²) in [4.78, 5) is 30.2. The highest BCUT2D eigenvalue weighted by Crippen LogP contribution is 2.37. The number of urea groups is 1. The van der Waals surface area contributed by atoms with E-state index in [1.165, 1.54) is 12.8 Å². The summed E-state index contributed by atoms with van der Waals surface area (Å²) in [5.41, 5.74) is 0.136. The molecule has 1 aliphatic carbocycles. The lowest BCUT2D eigenvalue weighted by Gasteiger charge is -2.51. The van der Waals surface area contributed by atoms with Crippen LogP contribution in [0.1, 0.15) is 64.7 Å². The molecule has 3 heterocycles. The van der Waals surface area contributed by atoms with Gasteiger partial charge in [-0.15, -0.1) is 0 Å². The topological polar surface area (TPSA) is 76.1 Å². The fraction of sp³-hybridized carbons (Fsp3) is 0.900. The molecule has 1 saturated carbocycles. The molecule has 3 amide bonds. The van der Waals surface area contributed by atoms with Gasteiger partial charge < -0.3 is 20.2 Å². The van der Waals surface area contributed by atoms with Crippen LogP contribution in [0.15, 0.2) is 0 Å². The van der Waals surface area contributed by atoms with Gasteiger partial charge in [0.15, 0.2) is 0 Å². The van der Waals surface area contributed by atoms with E-state index in [0.717, 1.165) is 58.0 Å². The third-order valence-electron chi connectivity index (χ3n) is 7.78. The summed E-state index contributed by atoms with van der Waals surface area (Å²) in [6, 6.07) is 1.29. The van der Waals surface area contributed by atoms with Crippen LogP contribution >= 0.6 is 0 Å². The van der Waals surface area contributed by atoms with Crippen LogP contribution in [0, 0.1) is 0 Å². The Morgan fingerprint density at radius 2 is 1.78 bits per heavy atom. The van der Waals surface area contributed by atoms with Gasteiger partial charge in [0, 0.05) is 37.8 Å². The van der Waals surface area contributed by atoms with Crippen LogP contribution in [-0.4, -0.2) is 81.8 Å². The zero-order valence-electron chi connectivity index (χ0n) is 16.5. The lowest BCUT2D eigenvalue weighted by Crippen LogP contribution is -2.59. The van der Waals surface area contributed by atoms with Crippen LogP contribution in [0.2, 0.25) is 0 Å². The predicted molar refractivity (Wildman–Crippen MR) is 103 cm³/mol. The van der Waals surface area contributed by atoms with Crippen molar-refractivity contribution in [2.75, 3.05) is 26.2 Å². The molecule has 0 aromatic carbocycles. The molecule has 2 atom stereocenters. The molecule has 27 heavy (non-hydrogen) atoms. The minimum absolute atomic E-state index is 0.136. The molecule has 4 aliphatic rings. The Kier molecular flexibility index (Phi) is 5.23. The Labute approximate surface area is 162 Å². The number of nitrogens with zero attached hydrogens (tertiary/aromatic N) is 3. The smallest absolute Gasteiger partial charge is 0.407 e. The number of nitrogens with one attached hydrogen (secondary N) is 1. The quantitative estimate of drug-likeness (QED) is 0.792. The Bertz CT molecular complexity index is 568. The maximum atomic E-state index is 12.6. The standard InChI is InChI=1S/C20H34N4O3/c1-2-20(9-13-22(14-10-20)19(26)27)23-11-7-15(8-12-23)24-17-6-4-3-5-16(17)21-18(24)25/h15-17H,2-14H2,1H3,(H,21,25)(H,26,27)/t16-,17-/m0/s1. The Balaban J connectivity index is 1.37. The molecule has 0 aromatic heterocycles. The number of fused-ring (bicyclic) bond motifs is 1. The number of carboxylic acid groups (broad SMARTS) is 1. The minimum atomic E-state index is -0.791. The van der Waals surface area contributed by atoms with Gasteiger partial charge in [-0.05, 0) is 44.9 Å². The van der Waals surface area contributed by atoms with Crippen LogP contribution in [0.4, 0.5) is 9.59 Å². The fourth-order valence-electron chi connectivity index (χ4n) is 6.06. The summed E-state index contributed by atoms with van der Waals surface area (Å²) in [5.74, 6) is 0. The predicted octanol–water partition coefficient (Wildman–Crippen LogP) is 2.71. The number of hydrogen-bond acceptors (Lipinski definition) is 3. The molecular formula is C20H34N4O3. The average Bonchev–Trinajstić information content (AvgIpc) is 3.03. The van der Waals surface area contributed by atoms with Gasteiger partial charge in [0.25, 0.3) is 0 Å². The van der Waals surface area contributed by atoms with Gasteiger partial charge in [-0.25, -0.2) is 9.59 Å². The SMILES string of the molecule is CCC1(N2CCC(N3C(=O)N[C@H]4CCCC[C@@H]43)CC2)CCN(C(=O)O)CC1. The molecule has 0 radical (unpaired) electrons. The second-order valence-corrected chi connectivity index (χ2v) is 8.88. The molecule has 0 bridgehead atoms. The fourth-order valence-corrected chi connectivity index (χ4v) is 6.06. The zero-order chi connectivity index (χ0) is 19.0. The van der Waals surface area contributed by atoms with Gasteiger partial charge in [-0.1, -0.05) is 19.8 Å². The van der Waals surface area contributed by atoms with Crippen molar-refractivity contribution in [3.63, 3.8) is 0 Å². The number of carbonyl (C=O) groups is 2. The first-order valence-corrected chi connectivity index (χ1v) is 10.9. The van der Waals surface area contributed by atoms with Crippen molar-refractivity contribution in [3.8, 4) is 0 Å². The van der Waals surface area contributed by atoms with Crippen molar-refractivity contribution >= 4 is 12.1 Å². The summed E-state index contributed by atoms with van der Waals surface area (Å²) in [7, 11) is 0. The average molecular weight is 379 g/mol. The first kappa shape index (κ1) is 18.8. The molecule has 0 aromatic rings. The van der Waals surface area contributed by atoms with Crippen molar-refractivity contribution in [2.24, 2.45) is 0 Å². The summed E-state index contributed by atoms with van der Waals surface area (Å²) >= 11 is 0. The van der Waals surface area contributed by atoms with Crippen molar-refractivity contribution in [3.05, 3.63) is 0 Å². The number of carbonyl (C=O) groups excluding carboxylic acids is 1. The molecule has 3 saturated heterocycles. The van der Waals surface area contributed by atoms with E-state index in [1.54, 1.807) is 4.90 Å². The third-order valence-corrected chi connectivity index (χ3v) is 7.78. The number of likely N-dealkylation sites (tertiary alicyclic amines) is 2. The largest absolute Gasteiger partial charge is 0.465 e. The van der Waals surface area contributed by atoms with Crippen LogP contribution < -0.4 is 5.32 Å². The highest BCUT2D eigenvalue weighted by molar-refractivity contribution is 5.78. The summed E-state index contributed by atoms with van der Waals surface area (Å²) in [6.45, 7) is 5.56. The summed E-state index contributed by atoms with van der Waals surface area (Å²) < 4.78 is 0. The van der Waals surface area contributed by atoms with Gasteiger partial charge in [0.05, 0.1) is 12.1 Å². The minimum Gasteiger partial charge on any atom is -0.465 e. The van der Waals surface area contributed by atoms with E-state index in [4.69, 9.17) is 0 Å². The molecule has 7 nitrogen and oxygen atoms in total. The number of piperidine rings is 2. The first-order valence-electron chi connectivity index (χ1n) is 10.9. The van der Waals surface area contributed by atoms with Crippen LogP contribution in [-0.2, 0) is 0 Å². The Morgan fingerprint density at radius 3 is 2.41 bits per heavy atom. The first-order chi connectivity index (χ1) is 13.0. The monoisotopic (exact) mass is 378 g/mol. The lowest BCUT2D eigenvalue weighted by atomic mass is 9.81. The van der Waals surface area contributed by atoms with E-state index in [-0.39, 0.29) is 11.6 Å². The molecule has 0 spiro atoms. The van der Waals surface area contributed by atoms with Gasteiger partial charge in [0.2, 0.25) is 0 Å². The van der Waals surface area contributed by atoms with Crippen molar-refractivity contribution in [1.82, 2.24) is 20.0 Å². The van der Waals surface area contributed by atoms with Gasteiger partial charge in [0.1, 0.15) is 0 Å². The Morgan fingerprint density at radius 1 is 1.11 bits per heavy atom. The zero-order valence-corrected chi connectivity index (χ0v) is 16.5. The van der Waals surface area contributed by atoms with E-state index in [9.17, 15) is 14.7 Å². The van der Waals surface area contributed by atoms with Crippen LogP contribution in [0.5, 0.6) is 0 Å². The molecule has 3 aliphatic heterocycles. The van der Waals surface area contributed by atoms with E-state index in [2.05, 4.69) is 22.0 Å². The van der Waals surface area contributed by atoms with E-state index >= 15 is 0 Å². The van der Waals surface area contributed by atoms with E-state index < -0.39 is 6.09 Å². The molecule has 7 heteroatoms. The summed E-state index contributed by atoms with van der Waals surface area (Å²) in [5, 5.41) is 12.5. The highest BCUT2D eigenvalue weighted by atomic mass is 16.4. The molecule has 152 valence electrons. The number of rotatable bonds is 3. The van der Waals surface area contributed by atoms with Crippen LogP contribution in [0.25, 0.3) is 0 Å². The van der Waals surface area contributed by atoms with Gasteiger partial charge in [-0.2, -0.15) is 0 Å². The number of hydrogen-bond donors (Lipinski definition) is 2. The molecule has 4 rings (SSSR count). The van der Waals surface area contributed by atoms with Gasteiger partial charge in [-0.3, -0.25) is 4.90 Å². The molecule has 2 N–H and O–H groups in total. The third kappa shape index (κ3) is 3.39. The molecule has 4 fully saturated rings. The molecule has 0 unspecified atom stereocenters. The normalized spacial score (nSPS) is 32.3. The lowest BCUT2D eigenvalue weighted by molar-refractivity contribution is -0.00840. The molecular weight excluding hydrogens is 344 g/mol. The maximum Gasteiger partial charge on any atom is 0.407 e. The second-order valence-electron chi connectivity index (χ2n) is 8.88. The van der Waals surface area contributed by atoms with E-state index in [0.29, 0.717) is 31.2 Å². The van der Waals surface area contributed by atoms with Crippen molar-refractivity contribution in [2.45, 2.75) is 88.4 Å².